The van der Waals surface area contributed by atoms with Gasteiger partial charge in [-0.25, -0.2) is 5.43 Å². The van der Waals surface area contributed by atoms with Crippen molar-refractivity contribution in [1.29, 1.82) is 0 Å². The molecule has 0 aliphatic carbocycles. The average molecular weight is 557 g/mol. The molecule has 0 fully saturated rings. The number of carbonyl (C=O) groups is 1. The summed E-state index contributed by atoms with van der Waals surface area (Å²) in [6, 6.07) is 12.9. The van der Waals surface area contributed by atoms with Crippen molar-refractivity contribution in [2.45, 2.75) is 0 Å². The van der Waals surface area contributed by atoms with Crippen molar-refractivity contribution < 1.29 is 14.6 Å². The Balaban J connectivity index is 1.80. The van der Waals surface area contributed by atoms with Gasteiger partial charge in [-0.05, 0) is 73.0 Å². The second-order valence-corrected chi connectivity index (χ2v) is 8.11. The van der Waals surface area contributed by atoms with E-state index in [2.05, 4.69) is 58.3 Å². The number of phenols is 1. The van der Waals surface area contributed by atoms with Gasteiger partial charge in [-0.2, -0.15) is 5.10 Å². The van der Waals surface area contributed by atoms with Crippen molar-refractivity contribution in [3.63, 3.8) is 0 Å². The minimum absolute atomic E-state index is 0.0239. The van der Waals surface area contributed by atoms with Crippen molar-refractivity contribution in [2.75, 3.05) is 7.11 Å². The van der Waals surface area contributed by atoms with Gasteiger partial charge in [0.25, 0.3) is 5.91 Å². The summed E-state index contributed by atoms with van der Waals surface area (Å²) in [6.45, 7) is 0. The number of halogens is 3. The van der Waals surface area contributed by atoms with Gasteiger partial charge in [0, 0.05) is 15.6 Å². The van der Waals surface area contributed by atoms with Crippen molar-refractivity contribution in [3.8, 4) is 11.5 Å². The monoisotopic (exact) mass is 554 g/mol. The van der Waals surface area contributed by atoms with Gasteiger partial charge in [0.2, 0.25) is 0 Å². The number of hydrogen-bond acceptors (Lipinski definition) is 4. The van der Waals surface area contributed by atoms with E-state index in [4.69, 9.17) is 4.74 Å². The number of hydrogen-bond donors (Lipinski definition) is 2. The molecule has 27 heavy (non-hydrogen) atoms. The van der Waals surface area contributed by atoms with Crippen LogP contribution in [0.1, 0.15) is 15.9 Å². The summed E-state index contributed by atoms with van der Waals surface area (Å²) in [6.07, 6.45) is 1.45. The SMILES string of the molecule is COc1c(/C=N/NC(=O)c2ccc3cc(Br)ccc3c2)cc(Br)c(O)c1Br. The van der Waals surface area contributed by atoms with Crippen LogP contribution in [0.3, 0.4) is 0 Å². The molecule has 0 atom stereocenters. The first-order valence-corrected chi connectivity index (χ1v) is 10.1. The normalized spacial score (nSPS) is 11.1. The summed E-state index contributed by atoms with van der Waals surface area (Å²) in [5.74, 6) is 0.104. The Morgan fingerprint density at radius 1 is 1.11 bits per heavy atom. The molecule has 0 saturated heterocycles. The largest absolute Gasteiger partial charge is 0.505 e. The predicted octanol–water partition coefficient (Wildman–Crippen LogP) is 5.61. The molecule has 1 amide bonds. The molecular weight excluding hydrogens is 544 g/mol. The molecule has 3 aromatic carbocycles. The number of fused-ring (bicyclic) bond motifs is 1. The lowest BCUT2D eigenvalue weighted by molar-refractivity contribution is 0.0955. The Labute approximate surface area is 180 Å². The zero-order chi connectivity index (χ0) is 19.6. The van der Waals surface area contributed by atoms with E-state index in [1.54, 1.807) is 18.2 Å². The van der Waals surface area contributed by atoms with Crippen LogP contribution in [0.5, 0.6) is 11.5 Å². The zero-order valence-corrected chi connectivity index (χ0v) is 18.7. The van der Waals surface area contributed by atoms with E-state index >= 15 is 0 Å². The number of rotatable bonds is 4. The van der Waals surface area contributed by atoms with E-state index in [0.717, 1.165) is 15.2 Å². The number of benzene rings is 3. The molecule has 0 radical (unpaired) electrons. The van der Waals surface area contributed by atoms with E-state index in [1.807, 2.05) is 24.3 Å². The van der Waals surface area contributed by atoms with Gasteiger partial charge >= 0.3 is 0 Å². The predicted molar refractivity (Wildman–Crippen MR) is 117 cm³/mol. The number of carbonyl (C=O) groups excluding carboxylic acids is 1. The Kier molecular flexibility index (Phi) is 6.18. The van der Waals surface area contributed by atoms with Crippen LogP contribution >= 0.6 is 47.8 Å². The van der Waals surface area contributed by atoms with Gasteiger partial charge in [0.15, 0.2) is 0 Å². The van der Waals surface area contributed by atoms with Gasteiger partial charge in [-0.3, -0.25) is 4.79 Å². The average Bonchev–Trinajstić information content (AvgIpc) is 2.66. The maximum absolute atomic E-state index is 12.4. The van der Waals surface area contributed by atoms with Crippen LogP contribution in [0.4, 0.5) is 0 Å². The van der Waals surface area contributed by atoms with Gasteiger partial charge in [-0.15, -0.1) is 0 Å². The molecule has 0 bridgehead atoms. The number of methoxy groups -OCH3 is 1. The van der Waals surface area contributed by atoms with Gasteiger partial charge in [0.05, 0.1) is 17.8 Å². The van der Waals surface area contributed by atoms with Gasteiger partial charge in [0.1, 0.15) is 16.0 Å². The fraction of sp³-hybridized carbons (Fsp3) is 0.0526. The lowest BCUT2D eigenvalue weighted by atomic mass is 10.1. The fourth-order valence-corrected chi connectivity index (χ4v) is 4.19. The van der Waals surface area contributed by atoms with Crippen molar-refractivity contribution in [1.82, 2.24) is 5.43 Å². The fourth-order valence-electron chi connectivity index (χ4n) is 2.50. The van der Waals surface area contributed by atoms with Crippen molar-refractivity contribution >= 4 is 70.7 Å². The molecule has 0 saturated carbocycles. The lowest BCUT2D eigenvalue weighted by Gasteiger charge is -2.10. The molecule has 2 N–H and O–H groups in total. The number of nitrogens with zero attached hydrogens (tertiary/aromatic N) is 1. The summed E-state index contributed by atoms with van der Waals surface area (Å²) in [5.41, 5.74) is 3.58. The molecule has 3 aromatic rings. The minimum atomic E-state index is -0.327. The maximum atomic E-state index is 12.4. The van der Waals surface area contributed by atoms with E-state index in [-0.39, 0.29) is 11.7 Å². The first kappa shape index (κ1) is 19.9. The number of nitrogens with one attached hydrogen (secondary N) is 1. The standard InChI is InChI=1S/C19H13Br3N2O3/c1-27-18-13(8-15(21)17(25)16(18)22)9-23-24-19(26)12-3-2-11-7-14(20)5-4-10(11)6-12/h2-9,25H,1H3,(H,24,26)/b23-9+. The highest BCUT2D eigenvalue weighted by Gasteiger charge is 2.14. The molecule has 0 aromatic heterocycles. The molecule has 0 heterocycles. The number of ether oxygens (including phenoxy) is 1. The number of amides is 1. The maximum Gasteiger partial charge on any atom is 0.271 e. The number of phenolic OH excluding ortho intramolecular Hbond substituents is 1. The zero-order valence-electron chi connectivity index (χ0n) is 14.0. The van der Waals surface area contributed by atoms with Gasteiger partial charge in [-0.1, -0.05) is 28.1 Å². The summed E-state index contributed by atoms with van der Waals surface area (Å²) in [5, 5.41) is 15.9. The highest BCUT2D eigenvalue weighted by Crippen LogP contribution is 2.41. The van der Waals surface area contributed by atoms with Crippen LogP contribution in [0.25, 0.3) is 10.8 Å². The molecular formula is C19H13Br3N2O3. The van der Waals surface area contributed by atoms with Crippen LogP contribution in [-0.2, 0) is 0 Å². The summed E-state index contributed by atoms with van der Waals surface area (Å²) < 4.78 is 7.13. The smallest absolute Gasteiger partial charge is 0.271 e. The topological polar surface area (TPSA) is 70.9 Å². The molecule has 0 spiro atoms. The first-order chi connectivity index (χ1) is 12.9. The van der Waals surface area contributed by atoms with E-state index in [0.29, 0.717) is 25.8 Å². The van der Waals surface area contributed by atoms with E-state index < -0.39 is 0 Å². The Morgan fingerprint density at radius 2 is 1.81 bits per heavy atom. The minimum Gasteiger partial charge on any atom is -0.505 e. The highest BCUT2D eigenvalue weighted by atomic mass is 79.9. The molecule has 0 aliphatic heterocycles. The third-order valence-electron chi connectivity index (χ3n) is 3.82. The Hall–Kier alpha value is -1.90. The van der Waals surface area contributed by atoms with Gasteiger partial charge < -0.3 is 9.84 Å². The third-order valence-corrected chi connectivity index (χ3v) is 5.65. The van der Waals surface area contributed by atoms with E-state index in [1.165, 1.54) is 13.3 Å². The Bertz CT molecular complexity index is 1070. The van der Waals surface area contributed by atoms with Crippen LogP contribution in [0, 0.1) is 0 Å². The molecule has 5 nitrogen and oxygen atoms in total. The quantitative estimate of drug-likeness (QED) is 0.324. The molecule has 0 aliphatic rings. The summed E-state index contributed by atoms with van der Waals surface area (Å²) in [7, 11) is 1.48. The van der Waals surface area contributed by atoms with Crippen LogP contribution in [0.2, 0.25) is 0 Å². The number of hydrazone groups is 1. The Morgan fingerprint density at radius 3 is 2.56 bits per heavy atom. The van der Waals surface area contributed by atoms with Crippen LogP contribution in [0.15, 0.2) is 61.0 Å². The first-order valence-electron chi connectivity index (χ1n) is 7.68. The molecule has 0 unspecified atom stereocenters. The molecule has 8 heteroatoms. The van der Waals surface area contributed by atoms with Crippen LogP contribution in [-0.4, -0.2) is 24.3 Å². The second kappa shape index (κ2) is 8.41. The van der Waals surface area contributed by atoms with E-state index in [9.17, 15) is 9.90 Å². The summed E-state index contributed by atoms with van der Waals surface area (Å²) in [4.78, 5) is 12.4. The third kappa shape index (κ3) is 4.34. The lowest BCUT2D eigenvalue weighted by Crippen LogP contribution is -2.17. The van der Waals surface area contributed by atoms with Crippen LogP contribution < -0.4 is 10.2 Å². The highest BCUT2D eigenvalue weighted by molar-refractivity contribution is 9.11. The second-order valence-electron chi connectivity index (χ2n) is 5.55. The molecule has 3 rings (SSSR count). The molecule has 138 valence electrons. The number of aromatic hydroxyl groups is 1. The summed E-state index contributed by atoms with van der Waals surface area (Å²) >= 11 is 9.96. The van der Waals surface area contributed by atoms with Crippen molar-refractivity contribution in [3.05, 3.63) is 67.0 Å². The van der Waals surface area contributed by atoms with Crippen molar-refractivity contribution in [2.24, 2.45) is 5.10 Å².